The fraction of sp³-hybridized carbons (Fsp3) is 0.381. The maximum absolute atomic E-state index is 12.5. The fourth-order valence-corrected chi connectivity index (χ4v) is 3.01. The zero-order valence-corrected chi connectivity index (χ0v) is 15.6. The SMILES string of the molecule is CCN(CC(=O)Nc1cc(C)ccc1C)CC1COc2ccccc2O1. The van der Waals surface area contributed by atoms with Gasteiger partial charge in [-0.15, -0.1) is 0 Å². The third-order valence-corrected chi connectivity index (χ3v) is 4.51. The van der Waals surface area contributed by atoms with Crippen LogP contribution in [-0.2, 0) is 4.79 Å². The van der Waals surface area contributed by atoms with Crippen LogP contribution in [0.1, 0.15) is 18.1 Å². The van der Waals surface area contributed by atoms with Crippen molar-refractivity contribution in [3.63, 3.8) is 0 Å². The van der Waals surface area contributed by atoms with Crippen molar-refractivity contribution in [2.45, 2.75) is 26.9 Å². The van der Waals surface area contributed by atoms with Crippen LogP contribution in [0.4, 0.5) is 5.69 Å². The van der Waals surface area contributed by atoms with Crippen molar-refractivity contribution in [3.8, 4) is 11.5 Å². The summed E-state index contributed by atoms with van der Waals surface area (Å²) in [5.41, 5.74) is 3.06. The third kappa shape index (κ3) is 4.55. The number of nitrogens with one attached hydrogen (secondary N) is 1. The molecule has 0 fully saturated rings. The number of hydrogen-bond donors (Lipinski definition) is 1. The number of fused-ring (bicyclic) bond motifs is 1. The quantitative estimate of drug-likeness (QED) is 0.864. The molecular formula is C21H26N2O3. The Labute approximate surface area is 154 Å². The van der Waals surface area contributed by atoms with Crippen molar-refractivity contribution in [3.05, 3.63) is 53.6 Å². The smallest absolute Gasteiger partial charge is 0.238 e. The lowest BCUT2D eigenvalue weighted by Crippen LogP contribution is -2.43. The Hall–Kier alpha value is -2.53. The van der Waals surface area contributed by atoms with Crippen LogP contribution in [0, 0.1) is 13.8 Å². The molecule has 0 saturated heterocycles. The number of anilines is 1. The van der Waals surface area contributed by atoms with E-state index in [0.29, 0.717) is 19.7 Å². The van der Waals surface area contributed by atoms with Gasteiger partial charge in [-0.25, -0.2) is 0 Å². The lowest BCUT2D eigenvalue weighted by Gasteiger charge is -2.30. The minimum absolute atomic E-state index is 0.0160. The van der Waals surface area contributed by atoms with Crippen LogP contribution in [0.15, 0.2) is 42.5 Å². The van der Waals surface area contributed by atoms with Gasteiger partial charge in [0.1, 0.15) is 12.7 Å². The first-order valence-electron chi connectivity index (χ1n) is 9.03. The molecule has 1 heterocycles. The molecule has 1 N–H and O–H groups in total. The van der Waals surface area contributed by atoms with Crippen molar-refractivity contribution in [2.75, 3.05) is 31.6 Å². The Bertz CT molecular complexity index is 776. The molecule has 0 bridgehead atoms. The highest BCUT2D eigenvalue weighted by molar-refractivity contribution is 5.93. The van der Waals surface area contributed by atoms with Gasteiger partial charge < -0.3 is 14.8 Å². The van der Waals surface area contributed by atoms with Gasteiger partial charge in [0.2, 0.25) is 5.91 Å². The second-order valence-corrected chi connectivity index (χ2v) is 6.69. The number of carbonyl (C=O) groups excluding carboxylic acids is 1. The zero-order valence-electron chi connectivity index (χ0n) is 15.6. The second-order valence-electron chi connectivity index (χ2n) is 6.69. The minimum atomic E-state index is -0.0849. The van der Waals surface area contributed by atoms with Gasteiger partial charge in [-0.3, -0.25) is 9.69 Å². The Kier molecular flexibility index (Phi) is 5.78. The average Bonchev–Trinajstić information content (AvgIpc) is 2.64. The number of ether oxygens (including phenoxy) is 2. The van der Waals surface area contributed by atoms with E-state index in [-0.39, 0.29) is 12.0 Å². The summed E-state index contributed by atoms with van der Waals surface area (Å²) >= 11 is 0. The van der Waals surface area contributed by atoms with Crippen LogP contribution in [-0.4, -0.2) is 43.2 Å². The molecule has 1 amide bonds. The van der Waals surface area contributed by atoms with E-state index in [0.717, 1.165) is 34.9 Å². The normalized spacial score (nSPS) is 15.8. The van der Waals surface area contributed by atoms with E-state index >= 15 is 0 Å². The minimum Gasteiger partial charge on any atom is -0.486 e. The van der Waals surface area contributed by atoms with Gasteiger partial charge in [0.15, 0.2) is 11.5 Å². The number of amides is 1. The number of hydrogen-bond acceptors (Lipinski definition) is 4. The number of rotatable bonds is 6. The van der Waals surface area contributed by atoms with Crippen molar-refractivity contribution in [1.29, 1.82) is 0 Å². The lowest BCUT2D eigenvalue weighted by atomic mass is 10.1. The number of likely N-dealkylation sites (N-methyl/N-ethyl adjacent to an activating group) is 1. The van der Waals surface area contributed by atoms with Gasteiger partial charge in [-0.05, 0) is 49.7 Å². The monoisotopic (exact) mass is 354 g/mol. The van der Waals surface area contributed by atoms with Crippen molar-refractivity contribution < 1.29 is 14.3 Å². The highest BCUT2D eigenvalue weighted by Crippen LogP contribution is 2.31. The first-order valence-corrected chi connectivity index (χ1v) is 9.03. The van der Waals surface area contributed by atoms with Gasteiger partial charge in [0.25, 0.3) is 0 Å². The predicted octanol–water partition coefficient (Wildman–Crippen LogP) is 3.40. The Morgan fingerprint density at radius 2 is 1.96 bits per heavy atom. The van der Waals surface area contributed by atoms with E-state index < -0.39 is 0 Å². The topological polar surface area (TPSA) is 50.8 Å². The number of nitrogens with zero attached hydrogens (tertiary/aromatic N) is 1. The average molecular weight is 354 g/mol. The van der Waals surface area contributed by atoms with Crippen LogP contribution in [0.5, 0.6) is 11.5 Å². The van der Waals surface area contributed by atoms with E-state index in [1.54, 1.807) is 0 Å². The number of aryl methyl sites for hydroxylation is 2. The van der Waals surface area contributed by atoms with E-state index in [1.807, 2.05) is 63.2 Å². The summed E-state index contributed by atoms with van der Waals surface area (Å²) in [6.07, 6.45) is -0.0849. The molecule has 1 aliphatic heterocycles. The first-order chi connectivity index (χ1) is 12.5. The molecule has 2 aromatic rings. The summed E-state index contributed by atoms with van der Waals surface area (Å²) in [7, 11) is 0. The maximum atomic E-state index is 12.5. The molecule has 138 valence electrons. The molecule has 5 nitrogen and oxygen atoms in total. The number of para-hydroxylation sites is 2. The maximum Gasteiger partial charge on any atom is 0.238 e. The molecule has 1 unspecified atom stereocenters. The van der Waals surface area contributed by atoms with E-state index in [2.05, 4.69) is 10.2 Å². The van der Waals surface area contributed by atoms with Crippen molar-refractivity contribution in [1.82, 2.24) is 4.90 Å². The molecule has 1 atom stereocenters. The zero-order chi connectivity index (χ0) is 18.5. The van der Waals surface area contributed by atoms with Crippen LogP contribution >= 0.6 is 0 Å². The Morgan fingerprint density at radius 1 is 1.19 bits per heavy atom. The Morgan fingerprint density at radius 3 is 2.73 bits per heavy atom. The summed E-state index contributed by atoms with van der Waals surface area (Å²) < 4.78 is 11.8. The summed E-state index contributed by atoms with van der Waals surface area (Å²) in [4.78, 5) is 14.5. The molecule has 0 saturated carbocycles. The van der Waals surface area contributed by atoms with Crippen molar-refractivity contribution in [2.24, 2.45) is 0 Å². The van der Waals surface area contributed by atoms with Crippen LogP contribution in [0.3, 0.4) is 0 Å². The summed E-state index contributed by atoms with van der Waals surface area (Å²) in [6.45, 7) is 8.29. The molecule has 0 aliphatic carbocycles. The summed E-state index contributed by atoms with van der Waals surface area (Å²) in [5.74, 6) is 1.52. The fourth-order valence-electron chi connectivity index (χ4n) is 3.01. The molecule has 2 aromatic carbocycles. The van der Waals surface area contributed by atoms with Crippen LogP contribution < -0.4 is 14.8 Å². The van der Waals surface area contributed by atoms with Crippen LogP contribution in [0.25, 0.3) is 0 Å². The van der Waals surface area contributed by atoms with Gasteiger partial charge in [-0.2, -0.15) is 0 Å². The summed E-state index contributed by atoms with van der Waals surface area (Å²) in [5, 5.41) is 3.02. The summed E-state index contributed by atoms with van der Waals surface area (Å²) in [6, 6.07) is 13.7. The first kappa shape index (κ1) is 18.3. The molecule has 0 radical (unpaired) electrons. The van der Waals surface area contributed by atoms with Gasteiger partial charge >= 0.3 is 0 Å². The third-order valence-electron chi connectivity index (χ3n) is 4.51. The second kappa shape index (κ2) is 8.23. The highest BCUT2D eigenvalue weighted by Gasteiger charge is 2.23. The van der Waals surface area contributed by atoms with Gasteiger partial charge in [-0.1, -0.05) is 31.2 Å². The van der Waals surface area contributed by atoms with Gasteiger partial charge in [0, 0.05) is 12.2 Å². The highest BCUT2D eigenvalue weighted by atomic mass is 16.6. The van der Waals surface area contributed by atoms with Gasteiger partial charge in [0.05, 0.1) is 6.54 Å². The molecule has 1 aliphatic rings. The molecular weight excluding hydrogens is 328 g/mol. The lowest BCUT2D eigenvalue weighted by molar-refractivity contribution is -0.117. The molecule has 5 heteroatoms. The molecule has 0 aromatic heterocycles. The number of benzene rings is 2. The standard InChI is InChI=1S/C21H26N2O3/c1-4-23(12-17-14-25-19-7-5-6-8-20(19)26-17)13-21(24)22-18-11-15(2)9-10-16(18)3/h5-11,17H,4,12-14H2,1-3H3,(H,22,24). The Balaban J connectivity index is 1.56. The largest absolute Gasteiger partial charge is 0.486 e. The molecule has 3 rings (SSSR count). The van der Waals surface area contributed by atoms with E-state index in [9.17, 15) is 4.79 Å². The van der Waals surface area contributed by atoms with E-state index in [1.165, 1.54) is 0 Å². The molecule has 26 heavy (non-hydrogen) atoms. The van der Waals surface area contributed by atoms with Crippen molar-refractivity contribution >= 4 is 11.6 Å². The molecule has 0 spiro atoms. The predicted molar refractivity (Wildman–Crippen MR) is 103 cm³/mol. The van der Waals surface area contributed by atoms with Crippen LogP contribution in [0.2, 0.25) is 0 Å². The van der Waals surface area contributed by atoms with E-state index in [4.69, 9.17) is 9.47 Å². The number of carbonyl (C=O) groups is 1.